The zero-order valence-corrected chi connectivity index (χ0v) is 80.4. The molecule has 0 aliphatic carbocycles. The number of fused-ring (bicyclic) bond motifs is 4. The number of rotatable bonds is 10. The second kappa shape index (κ2) is 33.8. The van der Waals surface area contributed by atoms with Gasteiger partial charge in [0.2, 0.25) is 0 Å². The summed E-state index contributed by atoms with van der Waals surface area (Å²) in [5.41, 5.74) is 7.04. The summed E-state index contributed by atoms with van der Waals surface area (Å²) in [4.78, 5) is 7.01. The van der Waals surface area contributed by atoms with Gasteiger partial charge in [0, 0.05) is 56.6 Å². The van der Waals surface area contributed by atoms with E-state index in [1.54, 1.807) is 21.9 Å². The van der Waals surface area contributed by atoms with Crippen molar-refractivity contribution >= 4 is 127 Å². The predicted molar refractivity (Wildman–Crippen MR) is 551 cm³/mol. The summed E-state index contributed by atoms with van der Waals surface area (Å²) >= 11 is 9.30. The summed E-state index contributed by atoms with van der Waals surface area (Å²) in [6, 6.07) is 29.8. The van der Waals surface area contributed by atoms with Crippen LogP contribution in [0.3, 0.4) is 0 Å². The lowest BCUT2D eigenvalue weighted by Crippen LogP contribution is -2.61. The summed E-state index contributed by atoms with van der Waals surface area (Å²) in [6.07, 6.45) is 0. The number of anilines is 12. The fraction of sp³-hybridized carbons (Fsp3) is 0.374. The molecule has 0 radical (unpaired) electrons. The molecule has 12 aromatic carbocycles. The second-order valence-electron chi connectivity index (χ2n) is 43.1. The van der Waals surface area contributed by atoms with Crippen LogP contribution in [0.2, 0.25) is 5.02 Å². The van der Waals surface area contributed by atoms with Gasteiger partial charge in [-0.3, -0.25) is 0 Å². The van der Waals surface area contributed by atoms with Crippen LogP contribution in [0.4, 0.5) is 68.2 Å². The predicted octanol–water partition coefficient (Wildman–Crippen LogP) is 33.2. The maximum Gasteiger partial charge on any atom is 0.252 e. The van der Waals surface area contributed by atoms with E-state index < -0.39 is 51.3 Å². The number of halogens is 2. The van der Waals surface area contributed by atoms with Gasteiger partial charge in [-0.25, -0.2) is 0 Å². The van der Waals surface area contributed by atoms with Crippen LogP contribution in [0.25, 0.3) is 22.3 Å². The Morgan fingerprint density at radius 2 is 0.598 bits per heavy atom. The van der Waals surface area contributed by atoms with Crippen LogP contribution in [0.5, 0.6) is 0 Å². The minimum absolute atomic E-state index is 0. The van der Waals surface area contributed by atoms with Crippen molar-refractivity contribution in [2.75, 3.05) is 19.6 Å². The van der Waals surface area contributed by atoms with Gasteiger partial charge in [-0.2, -0.15) is 0 Å². The van der Waals surface area contributed by atoms with E-state index >= 15 is 0 Å². The molecule has 638 valence electrons. The van der Waals surface area contributed by atoms with Gasteiger partial charge in [-0.05, 0) is 271 Å². The molecule has 0 saturated heterocycles. The minimum Gasteiger partial charge on any atom is -0.311 e. The quantitative estimate of drug-likeness (QED) is 0.0999. The molecule has 14 rings (SSSR count). The molecule has 122 heavy (non-hydrogen) atoms. The van der Waals surface area contributed by atoms with Crippen molar-refractivity contribution in [2.24, 2.45) is 0 Å². The van der Waals surface area contributed by atoms with Crippen LogP contribution in [0.1, 0.15) is 312 Å². The first-order valence-electron chi connectivity index (χ1n) is 53.5. The lowest BCUT2D eigenvalue weighted by molar-refractivity contribution is 0.589. The maximum atomic E-state index is 10.2. The Bertz CT molecular complexity index is 7090. The Morgan fingerprint density at radius 1 is 0.287 bits per heavy atom. The first-order chi connectivity index (χ1) is 65.8. The van der Waals surface area contributed by atoms with Crippen LogP contribution in [-0.2, 0) is 54.1 Å². The molecule has 0 aromatic heterocycles. The van der Waals surface area contributed by atoms with Crippen molar-refractivity contribution in [3.63, 3.8) is 0 Å². The SMILES string of the molecule is C.[2H]I.[2H]c1c([2H])c(C(C)(C)C)c([2H])c([2H])c1-c1c([2H])c(C(C)(C)C)c([2H])c([2H])c1N(c1ccc(C(C)(C)C)cc1)c1cc(C)cc(N(c2ccc(C(C)(C)C)cc2)c2c([2H])c([2H])c(C(C)(C)C)c([2H])c2[2H])c1Cl.[2H]c1c([2H])c(C(C)(C)C)c([2H])c([2H])c1-c1c([2H])c(C(C)(C)C)c([2H])c([2H])c1N1c2ccc(C(C)(C)C)cc2B2c3cc(C(C)(C)C)ccc3N(c3c([2H])c([2H])c(C(C)(C)C)c([2H])c3[2H])c3cc(C)cc1c32. The topological polar surface area (TPSA) is 13.0 Å². The molecule has 2 heterocycles. The number of nitrogens with zero attached hydrogens (tertiary/aromatic N) is 4. The van der Waals surface area contributed by atoms with Crippen molar-refractivity contribution in [1.82, 2.24) is 0 Å². The number of aryl methyl sites for hydroxylation is 2. The van der Waals surface area contributed by atoms with Crippen molar-refractivity contribution in [1.29, 1.82) is 0.594 Å². The van der Waals surface area contributed by atoms with Crippen LogP contribution >= 0.6 is 35.4 Å². The molecule has 4 nitrogen and oxygen atoms in total. The van der Waals surface area contributed by atoms with Gasteiger partial charge in [0.15, 0.2) is 0 Å². The van der Waals surface area contributed by atoms with Gasteiger partial charge >= 0.3 is 0 Å². The average molecular weight is 1780 g/mol. The highest BCUT2D eigenvalue weighted by molar-refractivity contribution is 14.0. The van der Waals surface area contributed by atoms with E-state index in [1.807, 2.05) is 221 Å². The molecule has 0 N–H and O–H groups in total. The third kappa shape index (κ3) is 19.4. The fourth-order valence-electron chi connectivity index (χ4n) is 15.1. The molecule has 2 aliphatic heterocycles. The number of hydrogen-bond acceptors (Lipinski definition) is 4. The van der Waals surface area contributed by atoms with Crippen molar-refractivity contribution in [3.8, 4) is 22.3 Å². The molecule has 0 fully saturated rings. The molecule has 12 aromatic rings. The van der Waals surface area contributed by atoms with E-state index in [0.29, 0.717) is 45.3 Å². The molecule has 0 bridgehead atoms. The summed E-state index contributed by atoms with van der Waals surface area (Å²) in [6.45, 7) is 61.9. The van der Waals surface area contributed by atoms with Crippen LogP contribution in [0.15, 0.2) is 242 Å². The largest absolute Gasteiger partial charge is 0.311 e. The Balaban J connectivity index is 0.000000270. The van der Waals surface area contributed by atoms with Crippen molar-refractivity contribution in [3.05, 3.63) is 314 Å². The van der Waals surface area contributed by atoms with Gasteiger partial charge < -0.3 is 19.6 Å². The lowest BCUT2D eigenvalue weighted by Gasteiger charge is -2.45. The molecule has 7 heteroatoms. The molecule has 0 saturated carbocycles. The average Bonchev–Trinajstić information content (AvgIpc) is 0.682. The highest BCUT2D eigenvalue weighted by Crippen LogP contribution is 2.53. The normalized spacial score (nSPS) is 15.9. The van der Waals surface area contributed by atoms with Gasteiger partial charge in [0.05, 0.1) is 57.9 Å². The molecule has 0 atom stereocenters. The van der Waals surface area contributed by atoms with Crippen LogP contribution in [0, 0.1) is 13.8 Å². The van der Waals surface area contributed by atoms with E-state index in [9.17, 15) is 30.2 Å². The van der Waals surface area contributed by atoms with Crippen LogP contribution in [-0.4, -0.2) is 7.31 Å². The number of hydrogen-bond donors (Lipinski definition) is 0. The van der Waals surface area contributed by atoms with Gasteiger partial charge in [-0.15, -0.1) is 23.8 Å². The zero-order chi connectivity index (χ0) is 109. The minimum atomic E-state index is -0.880. The molecule has 0 amide bonds. The van der Waals surface area contributed by atoms with Gasteiger partial charge in [-0.1, -0.05) is 360 Å². The monoisotopic (exact) mass is 1770 g/mol. The Hall–Kier alpha value is -9.08. The Labute approximate surface area is 791 Å². The Kier molecular flexibility index (Phi) is 18.4. The Morgan fingerprint density at radius 3 is 1.00 bits per heavy atom. The van der Waals surface area contributed by atoms with Gasteiger partial charge in [0.1, 0.15) is 0.594 Å². The smallest absolute Gasteiger partial charge is 0.252 e. The highest BCUT2D eigenvalue weighted by atomic mass is 127. The number of benzene rings is 12. The first-order valence-corrected chi connectivity index (χ1v) is 42.5. The van der Waals surface area contributed by atoms with E-state index in [-0.39, 0.29) is 239 Å². The molecular weight excluding hydrogens is 1610 g/mol. The zero-order valence-electron chi connectivity index (χ0n) is 101. The van der Waals surface area contributed by atoms with Crippen molar-refractivity contribution < 1.29 is 30.2 Å². The van der Waals surface area contributed by atoms with E-state index in [1.165, 1.54) is 23.8 Å². The summed E-state index contributed by atoms with van der Waals surface area (Å²) in [7, 11) is 0. The summed E-state index contributed by atoms with van der Waals surface area (Å²) in [5, 5.41) is 0.0399. The lowest BCUT2D eigenvalue weighted by atomic mass is 9.33. The second-order valence-corrected chi connectivity index (χ2v) is 43.5. The maximum absolute atomic E-state index is 10.2. The highest BCUT2D eigenvalue weighted by Gasteiger charge is 2.45. The molecule has 0 unspecified atom stereocenters. The third-order valence-electron chi connectivity index (χ3n) is 22.5. The van der Waals surface area contributed by atoms with E-state index in [4.69, 9.17) is 12.2 Å². The van der Waals surface area contributed by atoms with E-state index in [2.05, 4.69) is 107 Å². The molecule has 2 aliphatic rings. The molecular formula is C115H141BClIN4. The van der Waals surface area contributed by atoms with Gasteiger partial charge in [0.25, 0.3) is 6.71 Å². The third-order valence-corrected chi connectivity index (χ3v) is 22.9. The summed E-state index contributed by atoms with van der Waals surface area (Å²) in [5.74, 6) is 0. The fourth-order valence-corrected chi connectivity index (χ4v) is 15.3. The van der Waals surface area contributed by atoms with Crippen LogP contribution < -0.4 is 36.0 Å². The summed E-state index contributed by atoms with van der Waals surface area (Å²) < 4.78 is 218. The first kappa shape index (κ1) is 66.4. The van der Waals surface area contributed by atoms with Crippen molar-refractivity contribution in [2.45, 2.75) is 283 Å². The van der Waals surface area contributed by atoms with E-state index in [0.717, 1.165) is 44.2 Å². The standard InChI is InChI=1S/C57H67BN2.C57H69ClN2.CH4.HI/c1-36-31-50-52-51(32-36)60(47-28-23-40(55(8,9)10)33-44(47)37-17-19-38(20-18-37)53(2,3)4)49-30-25-42(57(14,15)16)35-46(49)58(52)45-34-41(56(11,12)13)24-29-48(45)59(50)43-26-21-39(22-27-43)54(5,6)7;1-38-35-50(59(45-28-21-41(22-29-45)54(5,6)7)46-30-23-42(24-31-46)55(8,9)10)52(58)51(36-38)60(47-32-25-43(26-33-47)56(11,12)13)49-34-27-44(57(14,15)16)37-48(49)39-17-19-40(20-18-39)53(2,3)4;;/h17-35H,1-16H3;17-37H,1-16H3;1H4;1H/i17D,18D,19D,20D,21D,22D,23D,26D,27D,28D,33D;17D,18D,19D,20D,21D,22D,27D,28D,29D,34D,37D;;/hD. The molecule has 0 spiro atoms.